The fourth-order valence-electron chi connectivity index (χ4n) is 4.39. The monoisotopic (exact) mass is 615 g/mol. The molecule has 1 atom stereocenters. The molecule has 226 valence electrons. The zero-order valence-electron chi connectivity index (χ0n) is 23.2. The molecular formula is C30H28F3N3O6S. The second kappa shape index (κ2) is 13.6. The SMILES string of the molecule is CCOC(=O)c1ccc(N2C(=O)C(CC(=O)Nc3ccc(OCC)cc3)N(Cc3ccc(OC(F)(F)F)cc3)C2=S)cc1. The molecule has 0 aliphatic carbocycles. The lowest BCUT2D eigenvalue weighted by Crippen LogP contribution is -2.37. The van der Waals surface area contributed by atoms with Crippen molar-refractivity contribution in [2.75, 3.05) is 23.4 Å². The number of anilines is 2. The predicted molar refractivity (Wildman–Crippen MR) is 156 cm³/mol. The van der Waals surface area contributed by atoms with Crippen LogP contribution in [-0.2, 0) is 20.9 Å². The molecule has 1 aliphatic heterocycles. The molecule has 43 heavy (non-hydrogen) atoms. The van der Waals surface area contributed by atoms with Crippen LogP contribution in [0.2, 0.25) is 0 Å². The Morgan fingerprint density at radius 2 is 1.53 bits per heavy atom. The van der Waals surface area contributed by atoms with E-state index in [2.05, 4.69) is 10.1 Å². The molecular weight excluding hydrogens is 587 g/mol. The number of ether oxygens (including phenoxy) is 3. The topological polar surface area (TPSA) is 97.4 Å². The van der Waals surface area contributed by atoms with Crippen molar-refractivity contribution >= 4 is 46.5 Å². The molecule has 1 fully saturated rings. The van der Waals surface area contributed by atoms with Gasteiger partial charge in [0.15, 0.2) is 5.11 Å². The first-order valence-corrected chi connectivity index (χ1v) is 13.7. The number of hydrogen-bond donors (Lipinski definition) is 1. The number of halogens is 3. The quantitative estimate of drug-likeness (QED) is 0.217. The van der Waals surface area contributed by atoms with E-state index in [4.69, 9.17) is 21.7 Å². The van der Waals surface area contributed by atoms with Gasteiger partial charge >= 0.3 is 12.3 Å². The summed E-state index contributed by atoms with van der Waals surface area (Å²) in [5, 5.41) is 2.85. The van der Waals surface area contributed by atoms with Crippen molar-refractivity contribution < 1.29 is 41.8 Å². The maximum absolute atomic E-state index is 13.7. The van der Waals surface area contributed by atoms with Gasteiger partial charge in [0, 0.05) is 12.2 Å². The van der Waals surface area contributed by atoms with E-state index >= 15 is 0 Å². The Labute approximate surface area is 251 Å². The second-order valence-corrected chi connectivity index (χ2v) is 9.63. The van der Waals surface area contributed by atoms with Gasteiger partial charge in [0.1, 0.15) is 17.5 Å². The average molecular weight is 616 g/mol. The smallest absolute Gasteiger partial charge is 0.494 e. The first-order chi connectivity index (χ1) is 20.5. The minimum absolute atomic E-state index is 0.0231. The molecule has 13 heteroatoms. The summed E-state index contributed by atoms with van der Waals surface area (Å²) in [7, 11) is 0. The molecule has 0 radical (unpaired) electrons. The Morgan fingerprint density at radius 3 is 2.12 bits per heavy atom. The molecule has 9 nitrogen and oxygen atoms in total. The lowest BCUT2D eigenvalue weighted by molar-refractivity contribution is -0.274. The number of esters is 1. The second-order valence-electron chi connectivity index (χ2n) is 9.27. The molecule has 0 bridgehead atoms. The van der Waals surface area contributed by atoms with E-state index in [0.717, 1.165) is 12.1 Å². The molecule has 4 rings (SSSR count). The summed E-state index contributed by atoms with van der Waals surface area (Å²) in [6, 6.07) is 17.0. The number of amides is 2. The molecule has 0 aromatic heterocycles. The van der Waals surface area contributed by atoms with E-state index in [-0.39, 0.29) is 30.2 Å². The molecule has 0 spiro atoms. The molecule has 1 aliphatic rings. The largest absolute Gasteiger partial charge is 0.573 e. The van der Waals surface area contributed by atoms with E-state index in [9.17, 15) is 27.6 Å². The van der Waals surface area contributed by atoms with Gasteiger partial charge in [0.05, 0.1) is 30.9 Å². The van der Waals surface area contributed by atoms with Crippen LogP contribution >= 0.6 is 12.2 Å². The lowest BCUT2D eigenvalue weighted by Gasteiger charge is -2.24. The highest BCUT2D eigenvalue weighted by atomic mass is 32.1. The fraction of sp³-hybridized carbons (Fsp3) is 0.267. The van der Waals surface area contributed by atoms with Crippen molar-refractivity contribution in [3.63, 3.8) is 0 Å². The third kappa shape index (κ3) is 8.01. The fourth-order valence-corrected chi connectivity index (χ4v) is 4.78. The van der Waals surface area contributed by atoms with Crippen LogP contribution in [0.25, 0.3) is 0 Å². The number of benzene rings is 3. The van der Waals surface area contributed by atoms with Crippen LogP contribution in [0.5, 0.6) is 11.5 Å². The molecule has 0 saturated carbocycles. The van der Waals surface area contributed by atoms with E-state index in [1.165, 1.54) is 34.1 Å². The normalized spacial score (nSPS) is 15.0. The van der Waals surface area contributed by atoms with Gasteiger partial charge < -0.3 is 24.4 Å². The van der Waals surface area contributed by atoms with Crippen LogP contribution in [0, 0.1) is 0 Å². The minimum Gasteiger partial charge on any atom is -0.494 e. The van der Waals surface area contributed by atoms with E-state index in [1.54, 1.807) is 43.3 Å². The highest BCUT2D eigenvalue weighted by Gasteiger charge is 2.44. The first kappa shape index (κ1) is 31.3. The number of nitrogens with one attached hydrogen (secondary N) is 1. The Morgan fingerprint density at radius 1 is 0.907 bits per heavy atom. The molecule has 1 saturated heterocycles. The number of carbonyl (C=O) groups is 3. The Hall–Kier alpha value is -4.65. The van der Waals surface area contributed by atoms with E-state index < -0.39 is 35.9 Å². The van der Waals surface area contributed by atoms with Crippen LogP contribution in [0.15, 0.2) is 72.8 Å². The van der Waals surface area contributed by atoms with Gasteiger partial charge in [0.25, 0.3) is 5.91 Å². The number of carbonyl (C=O) groups excluding carboxylic acids is 3. The minimum atomic E-state index is -4.84. The van der Waals surface area contributed by atoms with Crippen molar-refractivity contribution in [3.8, 4) is 11.5 Å². The van der Waals surface area contributed by atoms with Crippen molar-refractivity contribution in [2.24, 2.45) is 0 Å². The van der Waals surface area contributed by atoms with Gasteiger partial charge in [-0.15, -0.1) is 13.2 Å². The molecule has 1 unspecified atom stereocenters. The summed E-state index contributed by atoms with van der Waals surface area (Å²) in [6.07, 6.45) is -5.10. The van der Waals surface area contributed by atoms with Gasteiger partial charge in [-0.3, -0.25) is 14.5 Å². The summed E-state index contributed by atoms with van der Waals surface area (Å²) in [6.45, 7) is 4.26. The number of thiocarbonyl (C=S) groups is 1. The van der Waals surface area contributed by atoms with Crippen molar-refractivity contribution in [3.05, 3.63) is 83.9 Å². The Kier molecular flexibility index (Phi) is 9.86. The first-order valence-electron chi connectivity index (χ1n) is 13.3. The summed E-state index contributed by atoms with van der Waals surface area (Å²) in [5.41, 5.74) is 1.68. The number of hydrogen-bond acceptors (Lipinski definition) is 7. The summed E-state index contributed by atoms with van der Waals surface area (Å²) in [4.78, 5) is 41.7. The maximum atomic E-state index is 13.7. The summed E-state index contributed by atoms with van der Waals surface area (Å²) < 4.78 is 52.2. The number of nitrogens with zero attached hydrogens (tertiary/aromatic N) is 2. The molecule has 1 N–H and O–H groups in total. The van der Waals surface area contributed by atoms with Crippen molar-refractivity contribution in [1.29, 1.82) is 0 Å². The van der Waals surface area contributed by atoms with Gasteiger partial charge in [0.2, 0.25) is 5.91 Å². The van der Waals surface area contributed by atoms with E-state index in [0.29, 0.717) is 29.3 Å². The maximum Gasteiger partial charge on any atom is 0.573 e. The van der Waals surface area contributed by atoms with Crippen LogP contribution in [0.1, 0.15) is 36.2 Å². The Bertz CT molecular complexity index is 1460. The predicted octanol–water partition coefficient (Wildman–Crippen LogP) is 5.69. The van der Waals surface area contributed by atoms with Crippen LogP contribution in [-0.4, -0.2) is 53.4 Å². The van der Waals surface area contributed by atoms with Crippen LogP contribution in [0.4, 0.5) is 24.5 Å². The molecule has 1 heterocycles. The number of alkyl halides is 3. The summed E-state index contributed by atoms with van der Waals surface area (Å²) in [5.74, 6) is -1.21. The van der Waals surface area contributed by atoms with Crippen molar-refractivity contribution in [2.45, 2.75) is 39.2 Å². The van der Waals surface area contributed by atoms with E-state index in [1.807, 2.05) is 6.92 Å². The van der Waals surface area contributed by atoms with Crippen LogP contribution in [0.3, 0.4) is 0 Å². The van der Waals surface area contributed by atoms with Gasteiger partial charge in [-0.1, -0.05) is 12.1 Å². The zero-order valence-corrected chi connectivity index (χ0v) is 24.0. The third-order valence-electron chi connectivity index (χ3n) is 6.29. The number of rotatable bonds is 11. The molecule has 3 aromatic rings. The van der Waals surface area contributed by atoms with Gasteiger partial charge in [-0.05, 0) is 92.3 Å². The summed E-state index contributed by atoms with van der Waals surface area (Å²) >= 11 is 5.66. The van der Waals surface area contributed by atoms with Gasteiger partial charge in [-0.25, -0.2) is 4.79 Å². The molecule has 2 amide bonds. The van der Waals surface area contributed by atoms with Crippen molar-refractivity contribution in [1.82, 2.24) is 4.90 Å². The standard InChI is InChI=1S/C30H28F3N3O6S/c1-3-40-23-15-9-21(10-16-23)34-26(37)17-25-27(38)36(22-11-7-20(8-12-22)28(39)41-4-2)29(43)35(25)18-19-5-13-24(14-6-19)42-30(31,32)33/h5-16,25H,3-4,17-18H2,1-2H3,(H,34,37). The van der Waals surface area contributed by atoms with Crippen LogP contribution < -0.4 is 19.7 Å². The zero-order chi connectivity index (χ0) is 31.1. The average Bonchev–Trinajstić information content (AvgIpc) is 3.18. The third-order valence-corrected chi connectivity index (χ3v) is 6.71. The Balaban J connectivity index is 1.57. The highest BCUT2D eigenvalue weighted by Crippen LogP contribution is 2.30. The highest BCUT2D eigenvalue weighted by molar-refractivity contribution is 7.80. The lowest BCUT2D eigenvalue weighted by atomic mass is 10.1. The molecule has 3 aromatic carbocycles. The van der Waals surface area contributed by atoms with Gasteiger partial charge in [-0.2, -0.15) is 0 Å².